The zero-order valence-corrected chi connectivity index (χ0v) is 11.8. The number of nitrogens with zero attached hydrogens (tertiary/aromatic N) is 2. The SMILES string of the molecule is CNC(c1ncccn1)c1ccc(C)c(C)c1OC. The van der Waals surface area contributed by atoms with Crippen LogP contribution in [0.5, 0.6) is 5.75 Å². The van der Waals surface area contributed by atoms with Crippen LogP contribution in [-0.2, 0) is 0 Å². The highest BCUT2D eigenvalue weighted by atomic mass is 16.5. The van der Waals surface area contributed by atoms with E-state index >= 15 is 0 Å². The average molecular weight is 257 g/mol. The van der Waals surface area contributed by atoms with Crippen molar-refractivity contribution in [3.8, 4) is 5.75 Å². The molecule has 1 heterocycles. The number of nitrogens with one attached hydrogen (secondary N) is 1. The summed E-state index contributed by atoms with van der Waals surface area (Å²) in [6, 6.07) is 5.91. The first-order valence-electron chi connectivity index (χ1n) is 6.27. The van der Waals surface area contributed by atoms with E-state index in [0.29, 0.717) is 0 Å². The maximum atomic E-state index is 5.57. The second-order valence-corrected chi connectivity index (χ2v) is 4.46. The number of rotatable bonds is 4. The standard InChI is InChI=1S/C15H19N3O/c1-10-6-7-12(14(19-4)11(10)2)13(16-3)15-17-8-5-9-18-15/h5-9,13,16H,1-4H3. The Labute approximate surface area is 113 Å². The summed E-state index contributed by atoms with van der Waals surface area (Å²) in [5, 5.41) is 3.25. The fourth-order valence-corrected chi connectivity index (χ4v) is 2.19. The molecule has 0 fully saturated rings. The van der Waals surface area contributed by atoms with Crippen LogP contribution in [0.15, 0.2) is 30.6 Å². The Kier molecular flexibility index (Phi) is 4.12. The molecule has 2 rings (SSSR count). The van der Waals surface area contributed by atoms with E-state index in [1.54, 1.807) is 19.5 Å². The van der Waals surface area contributed by atoms with Crippen molar-refractivity contribution in [1.82, 2.24) is 15.3 Å². The summed E-state index contributed by atoms with van der Waals surface area (Å²) >= 11 is 0. The average Bonchev–Trinajstić information content (AvgIpc) is 2.45. The maximum Gasteiger partial charge on any atom is 0.149 e. The van der Waals surface area contributed by atoms with E-state index in [0.717, 1.165) is 22.7 Å². The third kappa shape index (κ3) is 2.58. The lowest BCUT2D eigenvalue weighted by Gasteiger charge is -2.20. The predicted molar refractivity (Wildman–Crippen MR) is 75.4 cm³/mol. The van der Waals surface area contributed by atoms with Crippen molar-refractivity contribution < 1.29 is 4.74 Å². The number of hydrogen-bond donors (Lipinski definition) is 1. The molecule has 1 aromatic heterocycles. The second kappa shape index (κ2) is 5.80. The van der Waals surface area contributed by atoms with Crippen LogP contribution in [0.4, 0.5) is 0 Å². The van der Waals surface area contributed by atoms with E-state index in [1.165, 1.54) is 5.56 Å². The molecule has 0 aliphatic heterocycles. The summed E-state index contributed by atoms with van der Waals surface area (Å²) < 4.78 is 5.57. The summed E-state index contributed by atoms with van der Waals surface area (Å²) in [5.74, 6) is 1.64. The molecule has 0 bridgehead atoms. The fraction of sp³-hybridized carbons (Fsp3) is 0.333. The van der Waals surface area contributed by atoms with E-state index in [2.05, 4.69) is 41.3 Å². The zero-order valence-electron chi connectivity index (χ0n) is 11.8. The van der Waals surface area contributed by atoms with E-state index in [-0.39, 0.29) is 6.04 Å². The molecule has 0 spiro atoms. The molecule has 4 nitrogen and oxygen atoms in total. The molecule has 0 aliphatic rings. The number of methoxy groups -OCH3 is 1. The van der Waals surface area contributed by atoms with Crippen LogP contribution in [0.2, 0.25) is 0 Å². The van der Waals surface area contributed by atoms with Gasteiger partial charge in [-0.3, -0.25) is 0 Å². The molecule has 2 aromatic rings. The van der Waals surface area contributed by atoms with Gasteiger partial charge in [0.05, 0.1) is 13.2 Å². The Morgan fingerprint density at radius 2 is 1.84 bits per heavy atom. The first-order chi connectivity index (χ1) is 9.19. The molecule has 100 valence electrons. The maximum absolute atomic E-state index is 5.57. The Morgan fingerprint density at radius 3 is 2.42 bits per heavy atom. The zero-order chi connectivity index (χ0) is 13.8. The molecule has 1 aromatic carbocycles. The van der Waals surface area contributed by atoms with Gasteiger partial charge in [0.2, 0.25) is 0 Å². The van der Waals surface area contributed by atoms with Crippen LogP contribution < -0.4 is 10.1 Å². The Balaban J connectivity index is 2.53. The van der Waals surface area contributed by atoms with E-state index in [4.69, 9.17) is 4.74 Å². The quantitative estimate of drug-likeness (QED) is 0.913. The van der Waals surface area contributed by atoms with E-state index in [9.17, 15) is 0 Å². The molecular formula is C15H19N3O. The number of aryl methyl sites for hydroxylation is 1. The van der Waals surface area contributed by atoms with Crippen molar-refractivity contribution >= 4 is 0 Å². The molecule has 1 atom stereocenters. The van der Waals surface area contributed by atoms with Crippen molar-refractivity contribution in [2.75, 3.05) is 14.2 Å². The monoisotopic (exact) mass is 257 g/mol. The predicted octanol–water partition coefficient (Wildman–Crippen LogP) is 2.41. The lowest BCUT2D eigenvalue weighted by atomic mass is 9.98. The van der Waals surface area contributed by atoms with Gasteiger partial charge in [0.1, 0.15) is 11.6 Å². The summed E-state index contributed by atoms with van der Waals surface area (Å²) in [5.41, 5.74) is 3.42. The molecular weight excluding hydrogens is 238 g/mol. The number of benzene rings is 1. The van der Waals surface area contributed by atoms with Gasteiger partial charge >= 0.3 is 0 Å². The molecule has 0 saturated carbocycles. The van der Waals surface area contributed by atoms with Crippen molar-refractivity contribution in [3.05, 3.63) is 53.1 Å². The molecule has 0 saturated heterocycles. The second-order valence-electron chi connectivity index (χ2n) is 4.46. The van der Waals surface area contributed by atoms with Gasteiger partial charge in [0.15, 0.2) is 0 Å². The Morgan fingerprint density at radius 1 is 1.16 bits per heavy atom. The fourth-order valence-electron chi connectivity index (χ4n) is 2.19. The van der Waals surface area contributed by atoms with Crippen molar-refractivity contribution in [2.24, 2.45) is 0 Å². The summed E-state index contributed by atoms with van der Waals surface area (Å²) in [4.78, 5) is 8.65. The van der Waals surface area contributed by atoms with Crippen LogP contribution in [-0.4, -0.2) is 24.1 Å². The van der Waals surface area contributed by atoms with Crippen LogP contribution >= 0.6 is 0 Å². The third-order valence-electron chi connectivity index (χ3n) is 3.35. The van der Waals surface area contributed by atoms with Gasteiger partial charge in [-0.05, 0) is 38.1 Å². The third-order valence-corrected chi connectivity index (χ3v) is 3.35. The van der Waals surface area contributed by atoms with Crippen LogP contribution in [0.25, 0.3) is 0 Å². The highest BCUT2D eigenvalue weighted by Crippen LogP contribution is 2.32. The lowest BCUT2D eigenvalue weighted by Crippen LogP contribution is -2.21. The molecule has 0 amide bonds. The number of aromatic nitrogens is 2. The Hall–Kier alpha value is -1.94. The van der Waals surface area contributed by atoms with Crippen LogP contribution in [0.1, 0.15) is 28.6 Å². The topological polar surface area (TPSA) is 47.0 Å². The van der Waals surface area contributed by atoms with Gasteiger partial charge in [0, 0.05) is 18.0 Å². The van der Waals surface area contributed by atoms with E-state index < -0.39 is 0 Å². The van der Waals surface area contributed by atoms with Gasteiger partial charge < -0.3 is 10.1 Å². The highest BCUT2D eigenvalue weighted by Gasteiger charge is 2.20. The molecule has 19 heavy (non-hydrogen) atoms. The van der Waals surface area contributed by atoms with Gasteiger partial charge in [-0.15, -0.1) is 0 Å². The van der Waals surface area contributed by atoms with E-state index in [1.807, 2.05) is 13.1 Å². The summed E-state index contributed by atoms with van der Waals surface area (Å²) in [6.07, 6.45) is 3.50. The first-order valence-corrected chi connectivity index (χ1v) is 6.27. The molecule has 0 aliphatic carbocycles. The van der Waals surface area contributed by atoms with Crippen LogP contribution in [0.3, 0.4) is 0 Å². The molecule has 0 radical (unpaired) electrons. The minimum atomic E-state index is -0.0737. The summed E-state index contributed by atoms with van der Waals surface area (Å²) in [7, 11) is 3.60. The molecule has 1 N–H and O–H groups in total. The van der Waals surface area contributed by atoms with Crippen molar-refractivity contribution in [1.29, 1.82) is 0 Å². The minimum Gasteiger partial charge on any atom is -0.496 e. The first kappa shape index (κ1) is 13.5. The smallest absolute Gasteiger partial charge is 0.149 e. The van der Waals surface area contributed by atoms with Gasteiger partial charge in [-0.1, -0.05) is 12.1 Å². The van der Waals surface area contributed by atoms with Gasteiger partial charge in [-0.25, -0.2) is 9.97 Å². The molecule has 4 heteroatoms. The Bertz CT molecular complexity index is 555. The summed E-state index contributed by atoms with van der Waals surface area (Å²) in [6.45, 7) is 4.14. The van der Waals surface area contributed by atoms with Gasteiger partial charge in [-0.2, -0.15) is 0 Å². The van der Waals surface area contributed by atoms with Crippen molar-refractivity contribution in [3.63, 3.8) is 0 Å². The largest absolute Gasteiger partial charge is 0.496 e. The number of hydrogen-bond acceptors (Lipinski definition) is 4. The molecule has 1 unspecified atom stereocenters. The van der Waals surface area contributed by atoms with Gasteiger partial charge in [0.25, 0.3) is 0 Å². The minimum absolute atomic E-state index is 0.0737. The number of ether oxygens (including phenoxy) is 1. The highest BCUT2D eigenvalue weighted by molar-refractivity contribution is 5.48. The van der Waals surface area contributed by atoms with Crippen molar-refractivity contribution in [2.45, 2.75) is 19.9 Å². The van der Waals surface area contributed by atoms with Crippen LogP contribution in [0, 0.1) is 13.8 Å². The lowest BCUT2D eigenvalue weighted by molar-refractivity contribution is 0.401. The normalized spacial score (nSPS) is 12.2.